The van der Waals surface area contributed by atoms with Crippen LogP contribution in [0.2, 0.25) is 0 Å². The molecule has 0 aliphatic heterocycles. The maximum absolute atomic E-state index is 6.83. The topological polar surface area (TPSA) is 35.2 Å². The van der Waals surface area contributed by atoms with Gasteiger partial charge in [-0.1, -0.05) is 38.0 Å². The lowest BCUT2D eigenvalue weighted by molar-refractivity contribution is 0.199. The van der Waals surface area contributed by atoms with Crippen LogP contribution in [-0.2, 0) is 5.54 Å². The molecule has 2 nitrogen and oxygen atoms in total. The Morgan fingerprint density at radius 3 is 2.75 bits per heavy atom. The van der Waals surface area contributed by atoms with E-state index in [-0.39, 0.29) is 5.54 Å². The van der Waals surface area contributed by atoms with E-state index in [1.165, 1.54) is 31.2 Å². The third-order valence-electron chi connectivity index (χ3n) is 5.00. The fraction of sp³-hybridized carbons (Fsp3) is 0.667. The molecule has 2 atom stereocenters. The molecule has 0 spiro atoms. The number of hydrogen-bond donors (Lipinski definition) is 1. The third-order valence-corrected chi connectivity index (χ3v) is 5.00. The quantitative estimate of drug-likeness (QED) is 0.871. The molecule has 2 heteroatoms. The van der Waals surface area contributed by atoms with Gasteiger partial charge in [0.25, 0.3) is 0 Å². The van der Waals surface area contributed by atoms with Crippen molar-refractivity contribution in [1.82, 2.24) is 0 Å². The Morgan fingerprint density at radius 2 is 2.00 bits per heavy atom. The van der Waals surface area contributed by atoms with E-state index in [0.29, 0.717) is 0 Å². The Balaban J connectivity index is 1.82. The first kappa shape index (κ1) is 13.9. The van der Waals surface area contributed by atoms with Gasteiger partial charge in [0.2, 0.25) is 0 Å². The van der Waals surface area contributed by atoms with Gasteiger partial charge in [-0.05, 0) is 50.0 Å². The Kier molecular flexibility index (Phi) is 4.02. The fourth-order valence-corrected chi connectivity index (χ4v) is 3.78. The lowest BCUT2D eigenvalue weighted by Crippen LogP contribution is -2.42. The smallest absolute Gasteiger partial charge is 0.124 e. The van der Waals surface area contributed by atoms with Gasteiger partial charge in [0.05, 0.1) is 6.61 Å². The molecular weight excluding hydrogens is 246 g/mol. The van der Waals surface area contributed by atoms with Crippen LogP contribution < -0.4 is 10.5 Å². The van der Waals surface area contributed by atoms with Gasteiger partial charge < -0.3 is 10.5 Å². The second kappa shape index (κ2) is 5.77. The van der Waals surface area contributed by atoms with Gasteiger partial charge in [-0.3, -0.25) is 0 Å². The summed E-state index contributed by atoms with van der Waals surface area (Å²) < 4.78 is 5.94. The van der Waals surface area contributed by atoms with Gasteiger partial charge in [0.15, 0.2) is 0 Å². The molecule has 20 heavy (non-hydrogen) atoms. The highest BCUT2D eigenvalue weighted by atomic mass is 16.5. The summed E-state index contributed by atoms with van der Waals surface area (Å²) in [7, 11) is 0. The largest absolute Gasteiger partial charge is 0.493 e. The van der Waals surface area contributed by atoms with Crippen molar-refractivity contribution >= 4 is 0 Å². The minimum absolute atomic E-state index is 0.171. The second-order valence-electron chi connectivity index (χ2n) is 6.69. The molecule has 1 aromatic rings. The van der Waals surface area contributed by atoms with E-state index in [0.717, 1.165) is 43.5 Å². The zero-order valence-electron chi connectivity index (χ0n) is 12.6. The van der Waals surface area contributed by atoms with Crippen LogP contribution in [0.5, 0.6) is 5.75 Å². The van der Waals surface area contributed by atoms with E-state index in [2.05, 4.69) is 31.2 Å². The van der Waals surface area contributed by atoms with Crippen molar-refractivity contribution in [2.24, 2.45) is 17.6 Å². The van der Waals surface area contributed by atoms with Crippen molar-refractivity contribution in [2.45, 2.75) is 57.4 Å². The van der Waals surface area contributed by atoms with E-state index in [1.807, 2.05) is 0 Å². The molecule has 0 heterocycles. The molecule has 2 N–H and O–H groups in total. The van der Waals surface area contributed by atoms with E-state index >= 15 is 0 Å². The number of hydrogen-bond acceptors (Lipinski definition) is 2. The molecular formula is C18H27NO. The molecule has 0 aromatic heterocycles. The summed E-state index contributed by atoms with van der Waals surface area (Å²) in [6, 6.07) is 8.42. The highest BCUT2D eigenvalue weighted by Gasteiger charge is 2.41. The monoisotopic (exact) mass is 273 g/mol. The van der Waals surface area contributed by atoms with E-state index in [4.69, 9.17) is 10.5 Å². The van der Waals surface area contributed by atoms with Gasteiger partial charge in [-0.2, -0.15) is 0 Å². The van der Waals surface area contributed by atoms with E-state index in [9.17, 15) is 0 Å². The fourth-order valence-electron chi connectivity index (χ4n) is 3.78. The van der Waals surface area contributed by atoms with Crippen molar-refractivity contribution in [2.75, 3.05) is 6.61 Å². The summed E-state index contributed by atoms with van der Waals surface area (Å²) in [6.07, 6.45) is 8.77. The van der Waals surface area contributed by atoms with Crippen molar-refractivity contribution in [3.8, 4) is 5.75 Å². The average molecular weight is 273 g/mol. The summed E-state index contributed by atoms with van der Waals surface area (Å²) >= 11 is 0. The number of para-hydroxylation sites is 1. The zero-order chi connectivity index (χ0) is 14.0. The average Bonchev–Trinajstić information content (AvgIpc) is 3.30. The highest BCUT2D eigenvalue weighted by Crippen LogP contribution is 2.49. The Labute approximate surface area is 122 Å². The zero-order valence-corrected chi connectivity index (χ0v) is 12.6. The number of rotatable bonds is 5. The molecule has 2 aliphatic rings. The predicted octanol–water partition coefficient (Wildman–Crippen LogP) is 4.23. The minimum atomic E-state index is -0.171. The van der Waals surface area contributed by atoms with Crippen molar-refractivity contribution < 1.29 is 4.74 Å². The first-order chi connectivity index (χ1) is 9.73. The van der Waals surface area contributed by atoms with E-state index < -0.39 is 0 Å². The first-order valence-electron chi connectivity index (χ1n) is 8.24. The molecule has 2 saturated carbocycles. The van der Waals surface area contributed by atoms with Crippen LogP contribution in [0.15, 0.2) is 24.3 Å². The van der Waals surface area contributed by atoms with Crippen LogP contribution in [0.25, 0.3) is 0 Å². The van der Waals surface area contributed by atoms with Gasteiger partial charge in [0, 0.05) is 11.1 Å². The van der Waals surface area contributed by atoms with Crippen LogP contribution >= 0.6 is 0 Å². The number of nitrogens with two attached hydrogens (primary N) is 1. The first-order valence-corrected chi connectivity index (χ1v) is 8.24. The summed E-state index contributed by atoms with van der Waals surface area (Å²) in [5.74, 6) is 2.81. The SMILES string of the molecule is CCCOc1ccccc1C1(N)CCCC(C2CC2)C1. The second-order valence-corrected chi connectivity index (χ2v) is 6.69. The molecule has 0 bridgehead atoms. The summed E-state index contributed by atoms with van der Waals surface area (Å²) in [5.41, 5.74) is 7.89. The maximum Gasteiger partial charge on any atom is 0.124 e. The molecule has 2 fully saturated rings. The lowest BCUT2D eigenvalue weighted by atomic mass is 9.71. The van der Waals surface area contributed by atoms with Crippen LogP contribution in [-0.4, -0.2) is 6.61 Å². The summed E-state index contributed by atoms with van der Waals surface area (Å²) in [5, 5.41) is 0. The molecule has 1 aromatic carbocycles. The predicted molar refractivity (Wildman–Crippen MR) is 82.8 cm³/mol. The van der Waals surface area contributed by atoms with Gasteiger partial charge in [-0.25, -0.2) is 0 Å². The van der Waals surface area contributed by atoms with Crippen LogP contribution in [0.1, 0.15) is 57.4 Å². The van der Waals surface area contributed by atoms with Crippen LogP contribution in [0.3, 0.4) is 0 Å². The number of benzene rings is 1. The lowest BCUT2D eigenvalue weighted by Gasteiger charge is -2.39. The molecule has 0 radical (unpaired) electrons. The van der Waals surface area contributed by atoms with Gasteiger partial charge in [-0.15, -0.1) is 0 Å². The summed E-state index contributed by atoms with van der Waals surface area (Å²) in [4.78, 5) is 0. The molecule has 110 valence electrons. The number of ether oxygens (including phenoxy) is 1. The standard InChI is InChI=1S/C18H27NO/c1-2-12-20-17-8-4-3-7-16(17)18(19)11-5-6-15(13-18)14-9-10-14/h3-4,7-8,14-15H,2,5-6,9-13,19H2,1H3. The van der Waals surface area contributed by atoms with Crippen LogP contribution in [0, 0.1) is 11.8 Å². The van der Waals surface area contributed by atoms with Gasteiger partial charge in [0.1, 0.15) is 5.75 Å². The maximum atomic E-state index is 6.83. The third kappa shape index (κ3) is 2.85. The van der Waals surface area contributed by atoms with Crippen LogP contribution in [0.4, 0.5) is 0 Å². The van der Waals surface area contributed by atoms with Crippen molar-refractivity contribution in [1.29, 1.82) is 0 Å². The molecule has 2 aliphatic carbocycles. The Morgan fingerprint density at radius 1 is 1.20 bits per heavy atom. The molecule has 0 amide bonds. The summed E-state index contributed by atoms with van der Waals surface area (Å²) in [6.45, 7) is 2.92. The minimum Gasteiger partial charge on any atom is -0.493 e. The Bertz CT molecular complexity index is 454. The van der Waals surface area contributed by atoms with E-state index in [1.54, 1.807) is 0 Å². The van der Waals surface area contributed by atoms with Gasteiger partial charge >= 0.3 is 0 Å². The Hall–Kier alpha value is -1.02. The van der Waals surface area contributed by atoms with Crippen molar-refractivity contribution in [3.05, 3.63) is 29.8 Å². The molecule has 3 rings (SSSR count). The molecule has 2 unspecified atom stereocenters. The molecule has 0 saturated heterocycles. The highest BCUT2D eigenvalue weighted by molar-refractivity contribution is 5.39. The normalized spacial score (nSPS) is 30.2. The van der Waals surface area contributed by atoms with Crippen molar-refractivity contribution in [3.63, 3.8) is 0 Å².